The first-order valence-electron chi connectivity index (χ1n) is 4.65. The van der Waals surface area contributed by atoms with E-state index in [1.54, 1.807) is 0 Å². The molecule has 0 bridgehead atoms. The van der Waals surface area contributed by atoms with E-state index in [0.29, 0.717) is 5.25 Å². The number of hydrogen-bond donors (Lipinski definition) is 1. The van der Waals surface area contributed by atoms with Crippen molar-refractivity contribution in [2.24, 2.45) is 5.73 Å². The second kappa shape index (κ2) is 4.44. The number of hydrogen-bond acceptors (Lipinski definition) is 4. The van der Waals surface area contributed by atoms with Gasteiger partial charge in [-0.3, -0.25) is 0 Å². The Morgan fingerprint density at radius 3 is 3.08 bits per heavy atom. The molecule has 2 heterocycles. The number of nitrogens with two attached hydrogens (primary N) is 1. The van der Waals surface area contributed by atoms with E-state index in [0.717, 1.165) is 5.69 Å². The fourth-order valence-corrected chi connectivity index (χ4v) is 3.55. The van der Waals surface area contributed by atoms with E-state index in [9.17, 15) is 0 Å². The molecule has 0 amide bonds. The summed E-state index contributed by atoms with van der Waals surface area (Å²) < 4.78 is 4.29. The largest absolute Gasteiger partial charge is 0.322 e. The first-order chi connectivity index (χ1) is 6.38. The fourth-order valence-electron chi connectivity index (χ4n) is 1.63. The van der Waals surface area contributed by atoms with Gasteiger partial charge >= 0.3 is 0 Å². The lowest BCUT2D eigenvalue weighted by Crippen LogP contribution is -2.26. The highest BCUT2D eigenvalue weighted by Gasteiger charge is 2.23. The minimum absolute atomic E-state index is 0.150. The topological polar surface area (TPSA) is 38.9 Å². The quantitative estimate of drug-likeness (QED) is 0.822. The molecule has 1 aromatic heterocycles. The maximum absolute atomic E-state index is 6.14. The summed E-state index contributed by atoms with van der Waals surface area (Å²) in [5.74, 6) is 1.27. The van der Waals surface area contributed by atoms with Crippen LogP contribution >= 0.6 is 23.3 Å². The molecule has 1 aromatic rings. The molecule has 0 radical (unpaired) electrons. The molecule has 0 aromatic carbocycles. The summed E-state index contributed by atoms with van der Waals surface area (Å²) in [5, 5.41) is 2.60. The zero-order valence-electron chi connectivity index (χ0n) is 7.48. The van der Waals surface area contributed by atoms with Crippen molar-refractivity contribution >= 4 is 23.3 Å². The van der Waals surface area contributed by atoms with Gasteiger partial charge in [-0.1, -0.05) is 6.42 Å². The van der Waals surface area contributed by atoms with E-state index in [-0.39, 0.29) is 6.04 Å². The van der Waals surface area contributed by atoms with E-state index < -0.39 is 0 Å². The van der Waals surface area contributed by atoms with Crippen LogP contribution in [-0.4, -0.2) is 15.4 Å². The normalized spacial score (nSPS) is 25.8. The van der Waals surface area contributed by atoms with E-state index in [2.05, 4.69) is 4.37 Å². The zero-order chi connectivity index (χ0) is 9.10. The summed E-state index contributed by atoms with van der Waals surface area (Å²) in [6.45, 7) is 0. The average molecular weight is 214 g/mol. The third-order valence-electron chi connectivity index (χ3n) is 2.41. The monoisotopic (exact) mass is 214 g/mol. The zero-order valence-corrected chi connectivity index (χ0v) is 9.11. The van der Waals surface area contributed by atoms with Gasteiger partial charge in [0, 0.05) is 10.6 Å². The van der Waals surface area contributed by atoms with Crippen LogP contribution in [0.25, 0.3) is 0 Å². The maximum Gasteiger partial charge on any atom is 0.0720 e. The van der Waals surface area contributed by atoms with Crippen LogP contribution in [0, 0.1) is 0 Å². The summed E-state index contributed by atoms with van der Waals surface area (Å²) in [7, 11) is 0. The molecule has 13 heavy (non-hydrogen) atoms. The molecule has 1 aliphatic rings. The number of thioether (sulfide) groups is 1. The van der Waals surface area contributed by atoms with Gasteiger partial charge in [0.25, 0.3) is 0 Å². The molecule has 2 atom stereocenters. The highest BCUT2D eigenvalue weighted by molar-refractivity contribution is 8.00. The lowest BCUT2D eigenvalue weighted by molar-refractivity contribution is 0.575. The van der Waals surface area contributed by atoms with Crippen molar-refractivity contribution < 1.29 is 0 Å². The van der Waals surface area contributed by atoms with Crippen molar-refractivity contribution in [1.29, 1.82) is 0 Å². The maximum atomic E-state index is 6.14. The molecule has 1 fully saturated rings. The second-order valence-corrected chi connectivity index (χ2v) is 5.37. The van der Waals surface area contributed by atoms with Gasteiger partial charge < -0.3 is 5.73 Å². The Bertz CT molecular complexity index is 242. The van der Waals surface area contributed by atoms with Crippen molar-refractivity contribution in [2.45, 2.75) is 30.6 Å². The Kier molecular flexibility index (Phi) is 3.24. The predicted octanol–water partition coefficient (Wildman–Crippen LogP) is 2.43. The molecule has 72 valence electrons. The molecule has 2 N–H and O–H groups in total. The van der Waals surface area contributed by atoms with Gasteiger partial charge in [0.1, 0.15) is 0 Å². The molecule has 1 saturated heterocycles. The Labute approximate surface area is 87.1 Å². The highest BCUT2D eigenvalue weighted by Crippen LogP contribution is 2.32. The van der Waals surface area contributed by atoms with Crippen LogP contribution < -0.4 is 5.73 Å². The number of nitrogens with zero attached hydrogens (tertiary/aromatic N) is 1. The molecule has 0 aliphatic carbocycles. The summed E-state index contributed by atoms with van der Waals surface area (Å²) >= 11 is 3.50. The van der Waals surface area contributed by atoms with Gasteiger partial charge in [-0.05, 0) is 36.2 Å². The first kappa shape index (κ1) is 9.49. The van der Waals surface area contributed by atoms with Crippen molar-refractivity contribution in [1.82, 2.24) is 4.37 Å². The van der Waals surface area contributed by atoms with Crippen molar-refractivity contribution in [3.05, 3.63) is 17.1 Å². The van der Waals surface area contributed by atoms with E-state index in [1.807, 2.05) is 23.2 Å². The molecular weight excluding hydrogens is 200 g/mol. The number of aromatic nitrogens is 1. The van der Waals surface area contributed by atoms with Gasteiger partial charge in [0.05, 0.1) is 11.7 Å². The number of rotatable bonds is 2. The van der Waals surface area contributed by atoms with E-state index >= 15 is 0 Å². The third-order valence-corrected chi connectivity index (χ3v) is 4.47. The minimum atomic E-state index is 0.150. The third kappa shape index (κ3) is 2.24. The first-order valence-corrected chi connectivity index (χ1v) is 6.54. The van der Waals surface area contributed by atoms with Crippen LogP contribution in [0.5, 0.6) is 0 Å². The highest BCUT2D eigenvalue weighted by atomic mass is 32.2. The standard InChI is InChI=1S/C9H14N2S2/c10-9(7-4-6-13-11-7)8-3-1-2-5-12-8/h4,6,8-9H,1-3,5,10H2. The Balaban J connectivity index is 1.99. The Morgan fingerprint density at radius 2 is 2.46 bits per heavy atom. The molecule has 4 heteroatoms. The SMILES string of the molecule is NC(c1ccsn1)C1CCCCS1. The van der Waals surface area contributed by atoms with E-state index in [4.69, 9.17) is 5.73 Å². The smallest absolute Gasteiger partial charge is 0.0720 e. The van der Waals surface area contributed by atoms with Crippen molar-refractivity contribution in [3.8, 4) is 0 Å². The van der Waals surface area contributed by atoms with E-state index in [1.165, 1.54) is 36.5 Å². The van der Waals surface area contributed by atoms with Crippen molar-refractivity contribution in [2.75, 3.05) is 5.75 Å². The molecule has 2 rings (SSSR count). The second-order valence-electron chi connectivity index (χ2n) is 3.36. The lowest BCUT2D eigenvalue weighted by atomic mass is 10.1. The summed E-state index contributed by atoms with van der Waals surface area (Å²) in [6, 6.07) is 2.20. The van der Waals surface area contributed by atoms with Crippen LogP contribution in [0.4, 0.5) is 0 Å². The predicted molar refractivity (Wildman–Crippen MR) is 59.1 cm³/mol. The lowest BCUT2D eigenvalue weighted by Gasteiger charge is -2.25. The summed E-state index contributed by atoms with van der Waals surface area (Å²) in [6.07, 6.45) is 3.93. The molecule has 1 aliphatic heterocycles. The average Bonchev–Trinajstić information content (AvgIpc) is 2.71. The summed E-state index contributed by atoms with van der Waals surface area (Å²) in [4.78, 5) is 0. The van der Waals surface area contributed by atoms with Crippen LogP contribution in [-0.2, 0) is 0 Å². The molecule has 0 saturated carbocycles. The van der Waals surface area contributed by atoms with Gasteiger partial charge in [0.15, 0.2) is 0 Å². The van der Waals surface area contributed by atoms with Crippen LogP contribution in [0.2, 0.25) is 0 Å². The van der Waals surface area contributed by atoms with Gasteiger partial charge in [0.2, 0.25) is 0 Å². The molecular formula is C9H14N2S2. The van der Waals surface area contributed by atoms with Crippen LogP contribution in [0.15, 0.2) is 11.4 Å². The van der Waals surface area contributed by atoms with Gasteiger partial charge in [-0.25, -0.2) is 0 Å². The summed E-state index contributed by atoms with van der Waals surface area (Å²) in [5.41, 5.74) is 7.21. The minimum Gasteiger partial charge on any atom is -0.322 e. The van der Waals surface area contributed by atoms with Crippen molar-refractivity contribution in [3.63, 3.8) is 0 Å². The van der Waals surface area contributed by atoms with Gasteiger partial charge in [-0.2, -0.15) is 16.1 Å². The molecule has 2 unspecified atom stereocenters. The Morgan fingerprint density at radius 1 is 1.54 bits per heavy atom. The molecule has 0 spiro atoms. The molecule has 2 nitrogen and oxygen atoms in total. The Hall–Kier alpha value is -0.0600. The van der Waals surface area contributed by atoms with Gasteiger partial charge in [-0.15, -0.1) is 0 Å². The fraction of sp³-hybridized carbons (Fsp3) is 0.667. The van der Waals surface area contributed by atoms with Crippen LogP contribution in [0.3, 0.4) is 0 Å². The van der Waals surface area contributed by atoms with Crippen LogP contribution in [0.1, 0.15) is 31.0 Å².